The number of urea groups is 1. The number of benzene rings is 2. The number of carbonyl (C=O) groups is 2. The highest BCUT2D eigenvalue weighted by Crippen LogP contribution is 2.24. The summed E-state index contributed by atoms with van der Waals surface area (Å²) in [5.74, 6) is 1.31. The van der Waals surface area contributed by atoms with Crippen molar-refractivity contribution >= 4 is 17.5 Å². The lowest BCUT2D eigenvalue weighted by molar-refractivity contribution is 0.0859. The van der Waals surface area contributed by atoms with Crippen LogP contribution in [0.5, 0.6) is 11.6 Å². The molecule has 6 nitrogen and oxygen atoms in total. The maximum Gasteiger partial charge on any atom is 0.321 e. The van der Waals surface area contributed by atoms with Crippen molar-refractivity contribution in [3.05, 3.63) is 83.6 Å². The van der Waals surface area contributed by atoms with E-state index >= 15 is 0 Å². The SMILES string of the molecule is Cc1ccc(C(=O)C2CCN(C(=O)Nc3ccc(Oc4ccc(C)cn4)cc3)CC2)cc1. The second kappa shape index (κ2) is 9.64. The number of Topliss-reactive ketones (excluding diaryl/α,β-unsaturated/α-hetero) is 1. The average Bonchev–Trinajstić information content (AvgIpc) is 2.82. The minimum Gasteiger partial charge on any atom is -0.439 e. The zero-order valence-electron chi connectivity index (χ0n) is 18.4. The number of ether oxygens (including phenoxy) is 1. The molecular formula is C26H27N3O3. The summed E-state index contributed by atoms with van der Waals surface area (Å²) in [7, 11) is 0. The molecule has 6 heteroatoms. The lowest BCUT2D eigenvalue weighted by Gasteiger charge is -2.31. The van der Waals surface area contributed by atoms with Crippen LogP contribution in [0.1, 0.15) is 34.3 Å². The number of carbonyl (C=O) groups excluding carboxylic acids is 2. The van der Waals surface area contributed by atoms with Crippen LogP contribution in [0.25, 0.3) is 0 Å². The van der Waals surface area contributed by atoms with Crippen LogP contribution in [-0.4, -0.2) is 34.8 Å². The summed E-state index contributed by atoms with van der Waals surface area (Å²) in [6.07, 6.45) is 3.11. The quantitative estimate of drug-likeness (QED) is 0.535. The number of likely N-dealkylation sites (tertiary alicyclic amines) is 1. The van der Waals surface area contributed by atoms with E-state index in [0.29, 0.717) is 43.2 Å². The fraction of sp³-hybridized carbons (Fsp3) is 0.269. The molecule has 4 rings (SSSR count). The van der Waals surface area contributed by atoms with Gasteiger partial charge in [-0.1, -0.05) is 35.9 Å². The highest BCUT2D eigenvalue weighted by Gasteiger charge is 2.28. The molecule has 32 heavy (non-hydrogen) atoms. The van der Waals surface area contributed by atoms with E-state index in [-0.39, 0.29) is 17.7 Å². The van der Waals surface area contributed by atoms with Crippen LogP contribution in [0, 0.1) is 19.8 Å². The molecule has 0 atom stereocenters. The van der Waals surface area contributed by atoms with Crippen LogP contribution in [0.3, 0.4) is 0 Å². The summed E-state index contributed by atoms with van der Waals surface area (Å²) in [6.45, 7) is 5.11. The van der Waals surface area contributed by atoms with Gasteiger partial charge in [0, 0.05) is 42.5 Å². The molecule has 1 saturated heterocycles. The van der Waals surface area contributed by atoms with Gasteiger partial charge in [0.05, 0.1) is 0 Å². The van der Waals surface area contributed by atoms with Gasteiger partial charge in [-0.25, -0.2) is 9.78 Å². The number of hydrogen-bond donors (Lipinski definition) is 1. The largest absolute Gasteiger partial charge is 0.439 e. The predicted molar refractivity (Wildman–Crippen MR) is 124 cm³/mol. The average molecular weight is 430 g/mol. The smallest absolute Gasteiger partial charge is 0.321 e. The van der Waals surface area contributed by atoms with Gasteiger partial charge in [0.15, 0.2) is 5.78 Å². The number of rotatable bonds is 5. The van der Waals surface area contributed by atoms with Crippen LogP contribution in [0.15, 0.2) is 66.9 Å². The molecule has 1 fully saturated rings. The summed E-state index contributed by atoms with van der Waals surface area (Å²) in [5, 5.41) is 2.92. The highest BCUT2D eigenvalue weighted by atomic mass is 16.5. The molecule has 3 aromatic rings. The Morgan fingerprint density at radius 2 is 1.56 bits per heavy atom. The molecule has 0 aliphatic carbocycles. The molecular weight excluding hydrogens is 402 g/mol. The normalized spacial score (nSPS) is 14.1. The van der Waals surface area contributed by atoms with Gasteiger partial charge in [0.25, 0.3) is 0 Å². The number of piperidine rings is 1. The van der Waals surface area contributed by atoms with Crippen molar-refractivity contribution in [3.8, 4) is 11.6 Å². The standard InChI is InChI=1S/C26H27N3O3/c1-18-3-6-20(7-4-18)25(30)21-13-15-29(16-14-21)26(31)28-22-8-10-23(11-9-22)32-24-12-5-19(2)17-27-24/h3-12,17,21H,13-16H2,1-2H3,(H,28,31). The number of ketones is 1. The molecule has 164 valence electrons. The molecule has 1 aromatic heterocycles. The van der Waals surface area contributed by atoms with Crippen LogP contribution in [0.2, 0.25) is 0 Å². The van der Waals surface area contributed by atoms with Gasteiger partial charge >= 0.3 is 6.03 Å². The van der Waals surface area contributed by atoms with E-state index in [0.717, 1.165) is 16.7 Å². The third kappa shape index (κ3) is 5.32. The summed E-state index contributed by atoms with van der Waals surface area (Å²) in [4.78, 5) is 31.4. The van der Waals surface area contributed by atoms with Crippen LogP contribution >= 0.6 is 0 Å². The number of amides is 2. The summed E-state index contributed by atoms with van der Waals surface area (Å²) in [5.41, 5.74) is 3.65. The molecule has 0 unspecified atom stereocenters. The minimum atomic E-state index is -0.153. The van der Waals surface area contributed by atoms with Crippen LogP contribution < -0.4 is 10.1 Å². The Kier molecular flexibility index (Phi) is 6.50. The molecule has 0 saturated carbocycles. The van der Waals surface area contributed by atoms with E-state index in [2.05, 4.69) is 10.3 Å². The van der Waals surface area contributed by atoms with Crippen molar-refractivity contribution in [1.82, 2.24) is 9.88 Å². The van der Waals surface area contributed by atoms with Crippen LogP contribution in [-0.2, 0) is 0 Å². The summed E-state index contributed by atoms with van der Waals surface area (Å²) < 4.78 is 5.72. The Morgan fingerprint density at radius 1 is 0.906 bits per heavy atom. The Hall–Kier alpha value is -3.67. The van der Waals surface area contributed by atoms with Crippen LogP contribution in [0.4, 0.5) is 10.5 Å². The van der Waals surface area contributed by atoms with Gasteiger partial charge in [0.2, 0.25) is 5.88 Å². The fourth-order valence-corrected chi connectivity index (χ4v) is 3.74. The topological polar surface area (TPSA) is 71.5 Å². The first kappa shape index (κ1) is 21.6. The second-order valence-electron chi connectivity index (χ2n) is 8.22. The first-order valence-electron chi connectivity index (χ1n) is 10.9. The number of hydrogen-bond acceptors (Lipinski definition) is 4. The van der Waals surface area contributed by atoms with Gasteiger partial charge in [-0.05, 0) is 56.5 Å². The van der Waals surface area contributed by atoms with Gasteiger partial charge in [-0.2, -0.15) is 0 Å². The maximum atomic E-state index is 12.7. The zero-order valence-corrected chi connectivity index (χ0v) is 18.4. The van der Waals surface area contributed by atoms with Gasteiger partial charge in [0.1, 0.15) is 5.75 Å². The Morgan fingerprint density at radius 3 is 2.19 bits per heavy atom. The molecule has 2 aromatic carbocycles. The summed E-state index contributed by atoms with van der Waals surface area (Å²) in [6, 6.07) is 18.5. The molecule has 2 amide bonds. The Balaban J connectivity index is 1.27. The third-order valence-electron chi connectivity index (χ3n) is 5.70. The summed E-state index contributed by atoms with van der Waals surface area (Å²) >= 11 is 0. The van der Waals surface area contributed by atoms with Crippen molar-refractivity contribution in [3.63, 3.8) is 0 Å². The number of pyridine rings is 1. The number of nitrogens with zero attached hydrogens (tertiary/aromatic N) is 2. The first-order chi connectivity index (χ1) is 15.5. The number of aromatic nitrogens is 1. The van der Waals surface area contributed by atoms with Gasteiger partial charge in [-0.3, -0.25) is 4.79 Å². The van der Waals surface area contributed by atoms with Gasteiger partial charge in [-0.15, -0.1) is 0 Å². The van der Waals surface area contributed by atoms with Crippen molar-refractivity contribution in [1.29, 1.82) is 0 Å². The van der Waals surface area contributed by atoms with Crippen molar-refractivity contribution in [2.45, 2.75) is 26.7 Å². The number of aryl methyl sites for hydroxylation is 2. The minimum absolute atomic E-state index is 0.0337. The lowest BCUT2D eigenvalue weighted by atomic mass is 9.89. The third-order valence-corrected chi connectivity index (χ3v) is 5.70. The molecule has 1 N–H and O–H groups in total. The lowest BCUT2D eigenvalue weighted by Crippen LogP contribution is -2.42. The molecule has 0 bridgehead atoms. The number of nitrogens with one attached hydrogen (secondary N) is 1. The Bertz CT molecular complexity index is 1070. The van der Waals surface area contributed by atoms with E-state index in [1.165, 1.54) is 0 Å². The first-order valence-corrected chi connectivity index (χ1v) is 10.9. The highest BCUT2D eigenvalue weighted by molar-refractivity contribution is 5.98. The van der Waals surface area contributed by atoms with Crippen molar-refractivity contribution in [2.24, 2.45) is 5.92 Å². The van der Waals surface area contributed by atoms with E-state index in [9.17, 15) is 9.59 Å². The number of anilines is 1. The molecule has 0 radical (unpaired) electrons. The van der Waals surface area contributed by atoms with Crippen molar-refractivity contribution in [2.75, 3.05) is 18.4 Å². The van der Waals surface area contributed by atoms with E-state index < -0.39 is 0 Å². The van der Waals surface area contributed by atoms with E-state index in [1.807, 2.05) is 50.2 Å². The molecule has 1 aliphatic heterocycles. The second-order valence-corrected chi connectivity index (χ2v) is 8.22. The van der Waals surface area contributed by atoms with Crippen molar-refractivity contribution < 1.29 is 14.3 Å². The predicted octanol–water partition coefficient (Wildman–Crippen LogP) is 5.62. The molecule has 0 spiro atoms. The zero-order chi connectivity index (χ0) is 22.5. The molecule has 2 heterocycles. The Labute approximate surface area is 188 Å². The monoisotopic (exact) mass is 429 g/mol. The maximum absolute atomic E-state index is 12.7. The fourth-order valence-electron chi connectivity index (χ4n) is 3.74. The van der Waals surface area contributed by atoms with Gasteiger partial charge < -0.3 is 15.0 Å². The van der Waals surface area contributed by atoms with E-state index in [1.54, 1.807) is 35.4 Å². The molecule has 1 aliphatic rings. The van der Waals surface area contributed by atoms with E-state index in [4.69, 9.17) is 4.74 Å².